The van der Waals surface area contributed by atoms with Gasteiger partial charge in [-0.2, -0.15) is 0 Å². The van der Waals surface area contributed by atoms with Crippen molar-refractivity contribution in [2.24, 2.45) is 10.9 Å². The van der Waals surface area contributed by atoms with Crippen molar-refractivity contribution in [2.75, 3.05) is 32.4 Å². The van der Waals surface area contributed by atoms with Crippen LogP contribution in [0.5, 0.6) is 0 Å². The summed E-state index contributed by atoms with van der Waals surface area (Å²) in [5, 5.41) is 3.65. The quantitative estimate of drug-likeness (QED) is 0.898. The van der Waals surface area contributed by atoms with Gasteiger partial charge in [-0.3, -0.25) is 9.79 Å². The van der Waals surface area contributed by atoms with Gasteiger partial charge in [0.1, 0.15) is 0 Å². The van der Waals surface area contributed by atoms with Crippen molar-refractivity contribution in [1.29, 1.82) is 0 Å². The van der Waals surface area contributed by atoms with Gasteiger partial charge in [0.05, 0.1) is 6.54 Å². The van der Waals surface area contributed by atoms with Crippen LogP contribution in [-0.4, -0.2) is 59.3 Å². The van der Waals surface area contributed by atoms with E-state index in [-0.39, 0.29) is 17.9 Å². The highest BCUT2D eigenvalue weighted by Gasteiger charge is 2.29. The lowest BCUT2D eigenvalue weighted by Gasteiger charge is -2.34. The summed E-state index contributed by atoms with van der Waals surface area (Å²) in [5.74, 6) is 0.946. The number of amidine groups is 1. The highest BCUT2D eigenvalue weighted by atomic mass is 32.2. The summed E-state index contributed by atoms with van der Waals surface area (Å²) in [6.45, 7) is 2.61. The largest absolute Gasteiger partial charge is 0.325 e. The molecule has 1 N–H and O–H groups in total. The van der Waals surface area contributed by atoms with Gasteiger partial charge in [0, 0.05) is 38.4 Å². The minimum Gasteiger partial charge on any atom is -0.325 e. The van der Waals surface area contributed by atoms with Crippen molar-refractivity contribution in [3.05, 3.63) is 35.9 Å². The second kappa shape index (κ2) is 8.38. The number of hydrogen-bond acceptors (Lipinski definition) is 4. The Bertz CT molecular complexity index is 642. The Morgan fingerprint density at radius 3 is 2.64 bits per heavy atom. The van der Waals surface area contributed by atoms with Crippen LogP contribution in [-0.2, 0) is 11.3 Å². The van der Waals surface area contributed by atoms with Gasteiger partial charge in [0.25, 0.3) is 0 Å². The summed E-state index contributed by atoms with van der Waals surface area (Å²) in [4.78, 5) is 32.7. The zero-order valence-electron chi connectivity index (χ0n) is 14.5. The van der Waals surface area contributed by atoms with Gasteiger partial charge in [0.15, 0.2) is 5.17 Å². The zero-order valence-corrected chi connectivity index (χ0v) is 15.3. The second-order valence-corrected chi connectivity index (χ2v) is 7.49. The van der Waals surface area contributed by atoms with E-state index in [0.29, 0.717) is 32.5 Å². The van der Waals surface area contributed by atoms with Crippen LogP contribution in [0.2, 0.25) is 0 Å². The van der Waals surface area contributed by atoms with Crippen LogP contribution in [0.1, 0.15) is 18.4 Å². The molecular formula is C18H24N4O2S. The third kappa shape index (κ3) is 4.75. The first-order valence-corrected chi connectivity index (χ1v) is 9.64. The number of likely N-dealkylation sites (tertiary alicyclic amines) is 1. The number of hydrogen-bond donors (Lipinski definition) is 1. The Balaban J connectivity index is 1.46. The molecule has 0 saturated carbocycles. The van der Waals surface area contributed by atoms with Crippen molar-refractivity contribution in [3.8, 4) is 0 Å². The molecule has 7 heteroatoms. The zero-order chi connectivity index (χ0) is 17.6. The van der Waals surface area contributed by atoms with Gasteiger partial charge in [0.2, 0.25) is 5.91 Å². The number of aliphatic imine (C=N–C) groups is 1. The van der Waals surface area contributed by atoms with Crippen molar-refractivity contribution in [2.45, 2.75) is 19.4 Å². The SMILES string of the molecule is CN(Cc1ccccc1)C(=O)N1CCC(C(=O)NC2=NCCS2)CC1. The summed E-state index contributed by atoms with van der Waals surface area (Å²) in [5.41, 5.74) is 1.11. The molecule has 3 rings (SSSR count). The van der Waals surface area contributed by atoms with E-state index in [1.807, 2.05) is 42.3 Å². The molecule has 2 aliphatic heterocycles. The van der Waals surface area contributed by atoms with E-state index in [1.165, 1.54) is 0 Å². The minimum atomic E-state index is -0.0348. The van der Waals surface area contributed by atoms with Crippen molar-refractivity contribution in [3.63, 3.8) is 0 Å². The molecule has 1 aromatic carbocycles. The molecule has 6 nitrogen and oxygen atoms in total. The fourth-order valence-corrected chi connectivity index (χ4v) is 3.85. The number of amides is 3. The molecule has 2 heterocycles. The molecule has 1 fully saturated rings. The maximum absolute atomic E-state index is 12.6. The Morgan fingerprint density at radius 2 is 2.00 bits per heavy atom. The van der Waals surface area contributed by atoms with Gasteiger partial charge in [-0.1, -0.05) is 42.1 Å². The van der Waals surface area contributed by atoms with Crippen molar-refractivity contribution >= 4 is 28.9 Å². The standard InChI is InChI=1S/C18H24N4O2S/c1-21(13-14-5-3-2-4-6-14)18(24)22-10-7-15(8-11-22)16(23)20-17-19-9-12-25-17/h2-6,15H,7-13H2,1H3,(H,19,20,23). The number of nitrogens with zero attached hydrogens (tertiary/aromatic N) is 3. The third-order valence-corrected chi connectivity index (χ3v) is 5.43. The molecular weight excluding hydrogens is 336 g/mol. The predicted octanol–water partition coefficient (Wildman–Crippen LogP) is 2.17. The monoisotopic (exact) mass is 360 g/mol. The third-order valence-electron chi connectivity index (χ3n) is 4.54. The highest BCUT2D eigenvalue weighted by Crippen LogP contribution is 2.20. The van der Waals surface area contributed by atoms with Crippen molar-refractivity contribution < 1.29 is 9.59 Å². The van der Waals surface area contributed by atoms with Crippen molar-refractivity contribution in [1.82, 2.24) is 15.1 Å². The number of thioether (sulfide) groups is 1. The molecule has 0 radical (unpaired) electrons. The molecule has 1 saturated heterocycles. The first-order valence-electron chi connectivity index (χ1n) is 8.65. The molecule has 3 amide bonds. The number of rotatable bonds is 3. The summed E-state index contributed by atoms with van der Waals surface area (Å²) in [7, 11) is 1.82. The molecule has 0 unspecified atom stereocenters. The van der Waals surface area contributed by atoms with E-state index >= 15 is 0 Å². The van der Waals surface area contributed by atoms with Crippen LogP contribution in [0.3, 0.4) is 0 Å². The van der Waals surface area contributed by atoms with Crippen LogP contribution in [0.4, 0.5) is 4.79 Å². The maximum atomic E-state index is 12.6. The lowest BCUT2D eigenvalue weighted by Crippen LogP contribution is -2.47. The Hall–Kier alpha value is -2.02. The van der Waals surface area contributed by atoms with Crippen LogP contribution < -0.4 is 5.32 Å². The van der Waals surface area contributed by atoms with E-state index < -0.39 is 0 Å². The lowest BCUT2D eigenvalue weighted by molar-refractivity contribution is -0.124. The Morgan fingerprint density at radius 1 is 1.28 bits per heavy atom. The van der Waals surface area contributed by atoms with Gasteiger partial charge >= 0.3 is 6.03 Å². The van der Waals surface area contributed by atoms with Gasteiger partial charge in [-0.25, -0.2) is 4.79 Å². The molecule has 0 bridgehead atoms. The normalized spacial score (nSPS) is 18.0. The number of urea groups is 1. The average molecular weight is 360 g/mol. The molecule has 25 heavy (non-hydrogen) atoms. The number of carbonyl (C=O) groups excluding carboxylic acids is 2. The molecule has 134 valence electrons. The second-order valence-electron chi connectivity index (χ2n) is 6.41. The van der Waals surface area contributed by atoms with Gasteiger partial charge < -0.3 is 15.1 Å². The van der Waals surface area contributed by atoms with Crippen LogP contribution in [0, 0.1) is 5.92 Å². The summed E-state index contributed by atoms with van der Waals surface area (Å²) in [6, 6.07) is 9.99. The van der Waals surface area contributed by atoms with E-state index in [1.54, 1.807) is 16.7 Å². The summed E-state index contributed by atoms with van der Waals surface area (Å²) < 4.78 is 0. The molecule has 0 aromatic heterocycles. The first-order chi connectivity index (χ1) is 12.1. The number of carbonyl (C=O) groups is 2. The topological polar surface area (TPSA) is 65.0 Å². The van der Waals surface area contributed by atoms with E-state index in [4.69, 9.17) is 0 Å². The Kier molecular flexibility index (Phi) is 5.96. The summed E-state index contributed by atoms with van der Waals surface area (Å²) >= 11 is 1.59. The predicted molar refractivity (Wildman–Crippen MR) is 101 cm³/mol. The van der Waals surface area contributed by atoms with Crippen LogP contribution in [0.15, 0.2) is 35.3 Å². The van der Waals surface area contributed by atoms with Crippen LogP contribution in [0.25, 0.3) is 0 Å². The van der Waals surface area contributed by atoms with E-state index in [2.05, 4.69) is 10.3 Å². The smallest absolute Gasteiger partial charge is 0.320 e. The van der Waals surface area contributed by atoms with Gasteiger partial charge in [-0.05, 0) is 18.4 Å². The minimum absolute atomic E-state index is 0.0263. The van der Waals surface area contributed by atoms with E-state index in [9.17, 15) is 9.59 Å². The van der Waals surface area contributed by atoms with Crippen LogP contribution >= 0.6 is 11.8 Å². The highest BCUT2D eigenvalue weighted by molar-refractivity contribution is 8.14. The number of nitrogens with one attached hydrogen (secondary N) is 1. The molecule has 0 spiro atoms. The average Bonchev–Trinajstić information content (AvgIpc) is 3.15. The molecule has 2 aliphatic rings. The number of piperidine rings is 1. The molecule has 0 aliphatic carbocycles. The first kappa shape index (κ1) is 17.8. The Labute approximate surface area is 152 Å². The fourth-order valence-electron chi connectivity index (χ4n) is 3.12. The van der Waals surface area contributed by atoms with Gasteiger partial charge in [-0.15, -0.1) is 0 Å². The lowest BCUT2D eigenvalue weighted by atomic mass is 9.96. The summed E-state index contributed by atoms with van der Waals surface area (Å²) in [6.07, 6.45) is 1.41. The van der Waals surface area contributed by atoms with E-state index in [0.717, 1.165) is 23.0 Å². The number of benzene rings is 1. The molecule has 0 atom stereocenters. The molecule has 1 aromatic rings. The fraction of sp³-hybridized carbons (Fsp3) is 0.500. The maximum Gasteiger partial charge on any atom is 0.320 e.